The van der Waals surface area contributed by atoms with Crippen molar-refractivity contribution in [3.8, 4) is 17.2 Å². The van der Waals surface area contributed by atoms with Crippen LogP contribution in [0.15, 0.2) is 39.5 Å². The van der Waals surface area contributed by atoms with E-state index < -0.39 is 11.6 Å². The van der Waals surface area contributed by atoms with Crippen molar-refractivity contribution in [2.24, 2.45) is 0 Å². The summed E-state index contributed by atoms with van der Waals surface area (Å²) in [6.07, 6.45) is 0. The third-order valence-electron chi connectivity index (χ3n) is 2.49. The van der Waals surface area contributed by atoms with E-state index in [2.05, 4.69) is 10.1 Å². The van der Waals surface area contributed by atoms with Crippen LogP contribution in [0.5, 0.6) is 5.75 Å². The van der Waals surface area contributed by atoms with Crippen molar-refractivity contribution in [1.82, 2.24) is 10.1 Å². The second-order valence-electron chi connectivity index (χ2n) is 3.89. The van der Waals surface area contributed by atoms with Gasteiger partial charge in [0, 0.05) is 11.4 Å². The van der Waals surface area contributed by atoms with Crippen LogP contribution in [0.25, 0.3) is 11.5 Å². The number of hydrogen-bond donors (Lipinski definition) is 0. The van der Waals surface area contributed by atoms with E-state index in [1.54, 1.807) is 0 Å². The number of aromatic nitrogens is 2. The van der Waals surface area contributed by atoms with Gasteiger partial charge >= 0.3 is 0 Å². The molecule has 1 aromatic carbocycles. The van der Waals surface area contributed by atoms with Crippen LogP contribution in [0, 0.1) is 11.6 Å². The van der Waals surface area contributed by atoms with Crippen LogP contribution in [-0.4, -0.2) is 10.1 Å². The van der Waals surface area contributed by atoms with E-state index in [9.17, 15) is 8.78 Å². The third kappa shape index (κ3) is 2.67. The smallest absolute Gasteiger partial charge is 0.258 e. The quantitative estimate of drug-likeness (QED) is 0.737. The van der Waals surface area contributed by atoms with Gasteiger partial charge in [0.15, 0.2) is 18.2 Å². The molecule has 0 amide bonds. The zero-order valence-corrected chi connectivity index (χ0v) is 10.9. The minimum atomic E-state index is -0.772. The van der Waals surface area contributed by atoms with Gasteiger partial charge in [-0.05, 0) is 23.6 Å². The second kappa shape index (κ2) is 5.38. The number of hydrogen-bond acceptors (Lipinski definition) is 5. The zero-order valence-electron chi connectivity index (χ0n) is 10.0. The predicted octanol–water partition coefficient (Wildman–Crippen LogP) is 3.66. The summed E-state index contributed by atoms with van der Waals surface area (Å²) in [5, 5.41) is 7.50. The molecule has 0 unspecified atom stereocenters. The monoisotopic (exact) mass is 294 g/mol. The Morgan fingerprint density at radius 3 is 2.90 bits per heavy atom. The fraction of sp³-hybridized carbons (Fsp3) is 0.0769. The molecule has 0 saturated heterocycles. The minimum Gasteiger partial charge on any atom is -0.482 e. The van der Waals surface area contributed by atoms with Crippen molar-refractivity contribution < 1.29 is 18.0 Å². The van der Waals surface area contributed by atoms with E-state index in [1.165, 1.54) is 17.4 Å². The minimum absolute atomic E-state index is 0.0593. The fourth-order valence-corrected chi connectivity index (χ4v) is 2.18. The number of thiophene rings is 1. The molecule has 7 heteroatoms. The van der Waals surface area contributed by atoms with Crippen LogP contribution in [0.1, 0.15) is 5.82 Å². The summed E-state index contributed by atoms with van der Waals surface area (Å²) in [7, 11) is 0. The summed E-state index contributed by atoms with van der Waals surface area (Å²) >= 11 is 1.51. The van der Waals surface area contributed by atoms with Crippen molar-refractivity contribution in [2.45, 2.75) is 6.61 Å². The molecule has 0 saturated carbocycles. The summed E-state index contributed by atoms with van der Waals surface area (Å²) in [6.45, 7) is -0.0593. The molecule has 0 N–H and O–H groups in total. The summed E-state index contributed by atoms with van der Waals surface area (Å²) in [5.74, 6) is -0.826. The number of halogens is 2. The number of ether oxygens (including phenoxy) is 1. The fourth-order valence-electron chi connectivity index (χ4n) is 1.55. The van der Waals surface area contributed by atoms with Gasteiger partial charge in [0.05, 0.1) is 5.56 Å². The van der Waals surface area contributed by atoms with Crippen molar-refractivity contribution >= 4 is 11.3 Å². The van der Waals surface area contributed by atoms with Crippen LogP contribution < -0.4 is 4.74 Å². The average molecular weight is 294 g/mol. The molecule has 0 bridgehead atoms. The van der Waals surface area contributed by atoms with Crippen molar-refractivity contribution in [1.29, 1.82) is 0 Å². The Morgan fingerprint density at radius 1 is 1.25 bits per heavy atom. The Labute approximate surface area is 116 Å². The maximum atomic E-state index is 13.4. The first-order valence-corrected chi connectivity index (χ1v) is 6.59. The molecule has 3 aromatic rings. The molecule has 3 rings (SSSR count). The second-order valence-corrected chi connectivity index (χ2v) is 4.67. The van der Waals surface area contributed by atoms with Gasteiger partial charge < -0.3 is 9.26 Å². The highest BCUT2D eigenvalue weighted by molar-refractivity contribution is 7.08. The summed E-state index contributed by atoms with van der Waals surface area (Å²) in [5.41, 5.74) is 0.821. The molecule has 0 aliphatic carbocycles. The summed E-state index contributed by atoms with van der Waals surface area (Å²) in [4.78, 5) is 4.12. The van der Waals surface area contributed by atoms with Crippen molar-refractivity contribution in [3.05, 3.63) is 52.5 Å². The van der Waals surface area contributed by atoms with Crippen molar-refractivity contribution in [3.63, 3.8) is 0 Å². The lowest BCUT2D eigenvalue weighted by Crippen LogP contribution is -1.99. The normalized spacial score (nSPS) is 10.7. The van der Waals surface area contributed by atoms with Gasteiger partial charge in [0.25, 0.3) is 5.89 Å². The molecule has 0 fully saturated rings. The average Bonchev–Trinajstić information content (AvgIpc) is 3.08. The number of benzene rings is 1. The molecule has 20 heavy (non-hydrogen) atoms. The molecular formula is C13H8F2N2O2S. The maximum Gasteiger partial charge on any atom is 0.258 e. The third-order valence-corrected chi connectivity index (χ3v) is 3.17. The summed E-state index contributed by atoms with van der Waals surface area (Å²) in [6, 6.07) is 4.93. The van der Waals surface area contributed by atoms with Gasteiger partial charge in [-0.1, -0.05) is 5.16 Å². The van der Waals surface area contributed by atoms with Crippen LogP contribution in [0.3, 0.4) is 0 Å². The van der Waals surface area contributed by atoms with Gasteiger partial charge in [-0.15, -0.1) is 0 Å². The molecular weight excluding hydrogens is 286 g/mol. The number of rotatable bonds is 4. The van der Waals surface area contributed by atoms with Crippen LogP contribution in [0.4, 0.5) is 8.78 Å². The first-order valence-electron chi connectivity index (χ1n) is 5.65. The zero-order chi connectivity index (χ0) is 13.9. The van der Waals surface area contributed by atoms with E-state index >= 15 is 0 Å². The molecule has 0 aliphatic rings. The Hall–Kier alpha value is -2.28. The molecule has 2 heterocycles. The van der Waals surface area contributed by atoms with Crippen LogP contribution >= 0.6 is 11.3 Å². The highest BCUT2D eigenvalue weighted by atomic mass is 32.1. The van der Waals surface area contributed by atoms with Gasteiger partial charge in [-0.25, -0.2) is 8.78 Å². The predicted molar refractivity (Wildman–Crippen MR) is 68.3 cm³/mol. The first-order chi connectivity index (χ1) is 9.72. The van der Waals surface area contributed by atoms with E-state index in [1.807, 2.05) is 16.8 Å². The van der Waals surface area contributed by atoms with Crippen LogP contribution in [-0.2, 0) is 6.61 Å². The molecule has 0 atom stereocenters. The van der Waals surface area contributed by atoms with E-state index in [4.69, 9.17) is 9.26 Å². The standard InChI is InChI=1S/C13H8F2N2O2S/c14-9-1-2-11(10(15)5-9)18-6-12-16-13(19-17-12)8-3-4-20-7-8/h1-5,7H,6H2. The molecule has 0 aliphatic heterocycles. The molecule has 102 valence electrons. The number of nitrogens with zero attached hydrogens (tertiary/aromatic N) is 2. The topological polar surface area (TPSA) is 48.2 Å². The highest BCUT2D eigenvalue weighted by Gasteiger charge is 2.11. The lowest BCUT2D eigenvalue weighted by atomic mass is 10.3. The SMILES string of the molecule is Fc1ccc(OCc2noc(-c3ccsc3)n2)c(F)c1. The largest absolute Gasteiger partial charge is 0.482 e. The lowest BCUT2D eigenvalue weighted by Gasteiger charge is -2.03. The van der Waals surface area contributed by atoms with Gasteiger partial charge in [-0.3, -0.25) is 0 Å². The highest BCUT2D eigenvalue weighted by Crippen LogP contribution is 2.21. The van der Waals surface area contributed by atoms with E-state index in [-0.39, 0.29) is 18.2 Å². The van der Waals surface area contributed by atoms with Crippen molar-refractivity contribution in [2.75, 3.05) is 0 Å². The molecule has 0 radical (unpaired) electrons. The Bertz CT molecular complexity index is 713. The van der Waals surface area contributed by atoms with E-state index in [0.29, 0.717) is 5.89 Å². The summed E-state index contributed by atoms with van der Waals surface area (Å²) < 4.78 is 36.3. The molecule has 0 spiro atoms. The lowest BCUT2D eigenvalue weighted by molar-refractivity contribution is 0.273. The first kappa shape index (κ1) is 12.7. The molecule has 2 aromatic heterocycles. The van der Waals surface area contributed by atoms with Gasteiger partial charge in [0.2, 0.25) is 5.82 Å². The van der Waals surface area contributed by atoms with E-state index in [0.717, 1.165) is 17.7 Å². The Balaban J connectivity index is 1.70. The van der Waals surface area contributed by atoms with Crippen LogP contribution in [0.2, 0.25) is 0 Å². The molecule has 4 nitrogen and oxygen atoms in total. The van der Waals surface area contributed by atoms with Gasteiger partial charge in [-0.2, -0.15) is 16.3 Å². The Morgan fingerprint density at radius 2 is 2.15 bits per heavy atom. The Kier molecular flexibility index (Phi) is 3.42. The van der Waals surface area contributed by atoms with Gasteiger partial charge in [0.1, 0.15) is 5.82 Å². The maximum absolute atomic E-state index is 13.4.